The third kappa shape index (κ3) is 1.85. The minimum absolute atomic E-state index is 0.342. The van der Waals surface area contributed by atoms with Gasteiger partial charge < -0.3 is 0 Å². The van der Waals surface area contributed by atoms with Crippen molar-refractivity contribution in [2.24, 2.45) is 7.05 Å². The highest BCUT2D eigenvalue weighted by Gasteiger charge is 2.11. The summed E-state index contributed by atoms with van der Waals surface area (Å²) in [6, 6.07) is 13.7. The second kappa shape index (κ2) is 4.65. The van der Waals surface area contributed by atoms with Crippen LogP contribution in [-0.4, -0.2) is 9.13 Å². The van der Waals surface area contributed by atoms with Crippen molar-refractivity contribution < 1.29 is 0 Å². The van der Waals surface area contributed by atoms with Gasteiger partial charge in [-0.3, -0.25) is 9.36 Å². The summed E-state index contributed by atoms with van der Waals surface area (Å²) in [7, 11) is 1.64. The predicted octanol–water partition coefficient (Wildman–Crippen LogP) is 2.34. The molecule has 1 heterocycles. The van der Waals surface area contributed by atoms with E-state index >= 15 is 0 Å². The summed E-state index contributed by atoms with van der Waals surface area (Å²) < 4.78 is 2.59. The van der Waals surface area contributed by atoms with Gasteiger partial charge in [0.25, 0.3) is 5.56 Å². The Labute approximate surface area is 119 Å². The van der Waals surface area contributed by atoms with Crippen molar-refractivity contribution in [1.29, 1.82) is 0 Å². The van der Waals surface area contributed by atoms with E-state index in [1.807, 2.05) is 0 Å². The first-order valence-corrected chi connectivity index (χ1v) is 6.44. The first-order valence-electron chi connectivity index (χ1n) is 6.06. The van der Waals surface area contributed by atoms with Crippen molar-refractivity contribution in [3.05, 3.63) is 74.4 Å². The molecule has 0 aliphatic carbocycles. The van der Waals surface area contributed by atoms with Gasteiger partial charge in [-0.25, -0.2) is 9.36 Å². The second-order valence-electron chi connectivity index (χ2n) is 4.48. The van der Waals surface area contributed by atoms with E-state index in [2.05, 4.69) is 0 Å². The van der Waals surface area contributed by atoms with Crippen molar-refractivity contribution in [2.75, 3.05) is 0 Å². The van der Waals surface area contributed by atoms with Crippen LogP contribution in [0.2, 0.25) is 5.02 Å². The molecular weight excluding hydrogens is 276 g/mol. The molecule has 0 saturated heterocycles. The maximum Gasteiger partial charge on any atom is 0.335 e. The number of benzene rings is 2. The summed E-state index contributed by atoms with van der Waals surface area (Å²) >= 11 is 5.93. The van der Waals surface area contributed by atoms with Gasteiger partial charge in [0.05, 0.1) is 16.6 Å². The van der Waals surface area contributed by atoms with E-state index in [9.17, 15) is 9.59 Å². The maximum atomic E-state index is 12.5. The zero-order valence-corrected chi connectivity index (χ0v) is 11.5. The van der Waals surface area contributed by atoms with Crippen LogP contribution in [-0.2, 0) is 7.05 Å². The monoisotopic (exact) mass is 286 g/mol. The highest BCUT2D eigenvalue weighted by atomic mass is 35.5. The highest BCUT2D eigenvalue weighted by Crippen LogP contribution is 2.13. The van der Waals surface area contributed by atoms with Gasteiger partial charge in [-0.05, 0) is 30.3 Å². The minimum atomic E-state index is -0.393. The number of hydrogen-bond acceptors (Lipinski definition) is 2. The summed E-state index contributed by atoms with van der Waals surface area (Å²) in [5.41, 5.74) is 0.344. The van der Waals surface area contributed by atoms with E-state index in [1.165, 1.54) is 4.57 Å². The molecule has 1 aromatic heterocycles. The lowest BCUT2D eigenvalue weighted by Gasteiger charge is -2.10. The summed E-state index contributed by atoms with van der Waals surface area (Å²) in [5, 5.41) is 0.971. The fraction of sp³-hybridized carbons (Fsp3) is 0.0667. The molecule has 20 heavy (non-hydrogen) atoms. The van der Waals surface area contributed by atoms with Crippen LogP contribution < -0.4 is 11.2 Å². The summed E-state index contributed by atoms with van der Waals surface area (Å²) in [6.45, 7) is 0. The average molecular weight is 287 g/mol. The molecule has 5 heteroatoms. The molecule has 3 aromatic rings. The lowest BCUT2D eigenvalue weighted by Crippen LogP contribution is -2.37. The van der Waals surface area contributed by atoms with Gasteiger partial charge in [0, 0.05) is 12.1 Å². The van der Waals surface area contributed by atoms with Gasteiger partial charge in [0.2, 0.25) is 0 Å². The Balaban J connectivity index is 2.49. The van der Waals surface area contributed by atoms with Gasteiger partial charge >= 0.3 is 5.69 Å². The highest BCUT2D eigenvalue weighted by molar-refractivity contribution is 6.30. The topological polar surface area (TPSA) is 44.0 Å². The van der Waals surface area contributed by atoms with Gasteiger partial charge in [0.1, 0.15) is 0 Å². The first-order chi connectivity index (χ1) is 9.59. The van der Waals surface area contributed by atoms with Gasteiger partial charge in [-0.1, -0.05) is 29.8 Å². The van der Waals surface area contributed by atoms with Crippen molar-refractivity contribution in [3.8, 4) is 5.69 Å². The lowest BCUT2D eigenvalue weighted by atomic mass is 10.2. The van der Waals surface area contributed by atoms with E-state index in [-0.39, 0.29) is 5.56 Å². The number of aryl methyl sites for hydroxylation is 1. The van der Waals surface area contributed by atoms with Crippen LogP contribution in [0.25, 0.3) is 16.6 Å². The van der Waals surface area contributed by atoms with E-state index < -0.39 is 5.69 Å². The fourth-order valence-electron chi connectivity index (χ4n) is 2.25. The molecule has 2 aromatic carbocycles. The van der Waals surface area contributed by atoms with E-state index in [0.717, 1.165) is 4.57 Å². The largest absolute Gasteiger partial charge is 0.335 e. The van der Waals surface area contributed by atoms with E-state index in [4.69, 9.17) is 11.6 Å². The number of rotatable bonds is 1. The van der Waals surface area contributed by atoms with E-state index in [0.29, 0.717) is 21.6 Å². The number of nitrogens with zero attached hydrogens (tertiary/aromatic N) is 2. The molecule has 0 spiro atoms. The zero-order chi connectivity index (χ0) is 14.3. The minimum Gasteiger partial charge on any atom is -0.296 e. The summed E-state index contributed by atoms with van der Waals surface area (Å²) in [5.74, 6) is 0. The number of hydrogen-bond donors (Lipinski definition) is 0. The van der Waals surface area contributed by atoms with Gasteiger partial charge in [0.15, 0.2) is 0 Å². The Morgan fingerprint density at radius 2 is 1.75 bits per heavy atom. The van der Waals surface area contributed by atoms with Crippen LogP contribution in [0.1, 0.15) is 0 Å². The van der Waals surface area contributed by atoms with E-state index in [1.54, 1.807) is 55.6 Å². The Kier molecular flexibility index (Phi) is 2.95. The Morgan fingerprint density at radius 3 is 2.50 bits per heavy atom. The van der Waals surface area contributed by atoms with Crippen molar-refractivity contribution in [2.45, 2.75) is 0 Å². The Hall–Kier alpha value is -2.33. The van der Waals surface area contributed by atoms with Crippen LogP contribution in [0.15, 0.2) is 58.1 Å². The molecule has 0 aliphatic rings. The molecule has 3 rings (SSSR count). The normalized spacial score (nSPS) is 10.9. The maximum absolute atomic E-state index is 12.5. The molecule has 4 nitrogen and oxygen atoms in total. The van der Waals surface area contributed by atoms with Crippen molar-refractivity contribution in [1.82, 2.24) is 9.13 Å². The SMILES string of the molecule is Cn1c(=O)n(-c2cccc(Cl)c2)c(=O)c2ccccc21. The number of aromatic nitrogens is 2. The van der Waals surface area contributed by atoms with Crippen LogP contribution in [0.4, 0.5) is 0 Å². The molecule has 0 bridgehead atoms. The predicted molar refractivity (Wildman–Crippen MR) is 79.8 cm³/mol. The van der Waals surface area contributed by atoms with Gasteiger partial charge in [-0.2, -0.15) is 0 Å². The molecule has 0 aliphatic heterocycles. The smallest absolute Gasteiger partial charge is 0.296 e. The molecule has 100 valence electrons. The second-order valence-corrected chi connectivity index (χ2v) is 4.92. The van der Waals surface area contributed by atoms with Gasteiger partial charge in [-0.15, -0.1) is 0 Å². The third-order valence-electron chi connectivity index (χ3n) is 3.24. The van der Waals surface area contributed by atoms with Crippen molar-refractivity contribution >= 4 is 22.5 Å². The molecule has 0 atom stereocenters. The van der Waals surface area contributed by atoms with Crippen LogP contribution in [0.5, 0.6) is 0 Å². The molecule has 0 fully saturated rings. The zero-order valence-electron chi connectivity index (χ0n) is 10.7. The molecule has 0 radical (unpaired) electrons. The quantitative estimate of drug-likeness (QED) is 0.689. The van der Waals surface area contributed by atoms with Crippen LogP contribution in [0.3, 0.4) is 0 Å². The molecule has 0 N–H and O–H groups in total. The molecule has 0 amide bonds. The molecular formula is C15H11ClN2O2. The Bertz CT molecular complexity index is 925. The molecule has 0 saturated carbocycles. The molecule has 0 unspecified atom stereocenters. The van der Waals surface area contributed by atoms with Crippen LogP contribution in [0, 0.1) is 0 Å². The van der Waals surface area contributed by atoms with Crippen LogP contribution >= 0.6 is 11.6 Å². The number of halogens is 1. The Morgan fingerprint density at radius 1 is 1.00 bits per heavy atom. The first kappa shape index (κ1) is 12.7. The lowest BCUT2D eigenvalue weighted by molar-refractivity contribution is 0.774. The van der Waals surface area contributed by atoms with Crippen molar-refractivity contribution in [3.63, 3.8) is 0 Å². The average Bonchev–Trinajstić information content (AvgIpc) is 2.45. The summed E-state index contributed by atoms with van der Waals surface area (Å²) in [4.78, 5) is 24.9. The standard InChI is InChI=1S/C15H11ClN2O2/c1-17-13-8-3-2-7-12(13)14(19)18(15(17)20)11-6-4-5-10(16)9-11/h2-9H,1H3. The fourth-order valence-corrected chi connectivity index (χ4v) is 2.43. The number of para-hydroxylation sites is 1. The number of fused-ring (bicyclic) bond motifs is 1. The third-order valence-corrected chi connectivity index (χ3v) is 3.48. The summed E-state index contributed by atoms with van der Waals surface area (Å²) in [6.07, 6.45) is 0.